The van der Waals surface area contributed by atoms with Crippen LogP contribution in [0, 0.1) is 17.7 Å². The molecule has 0 saturated carbocycles. The molecular weight excluding hydrogens is 310 g/mol. The quantitative estimate of drug-likeness (QED) is 0.664. The first-order valence-electron chi connectivity index (χ1n) is 6.57. The summed E-state index contributed by atoms with van der Waals surface area (Å²) in [6.45, 7) is -0.123. The fourth-order valence-electron chi connectivity index (χ4n) is 1.81. The molecule has 0 spiro atoms. The lowest BCUT2D eigenvalue weighted by molar-refractivity contribution is -0.137. The molecule has 0 aliphatic heterocycles. The van der Waals surface area contributed by atoms with Gasteiger partial charge in [0.05, 0.1) is 12.1 Å². The summed E-state index contributed by atoms with van der Waals surface area (Å²) in [5.74, 6) is 3.91. The van der Waals surface area contributed by atoms with Crippen molar-refractivity contribution in [3.63, 3.8) is 0 Å². The van der Waals surface area contributed by atoms with Crippen LogP contribution in [-0.4, -0.2) is 12.5 Å². The minimum absolute atomic E-state index is 0.123. The smallest absolute Gasteiger partial charge is 0.341 e. The van der Waals surface area contributed by atoms with Crippen LogP contribution in [0.25, 0.3) is 0 Å². The Kier molecular flexibility index (Phi) is 5.02. The predicted molar refractivity (Wildman–Crippen MR) is 77.1 cm³/mol. The number of rotatable bonds is 2. The van der Waals surface area contributed by atoms with Crippen molar-refractivity contribution in [3.05, 3.63) is 71.0 Å². The van der Waals surface area contributed by atoms with E-state index in [9.17, 15) is 22.4 Å². The Morgan fingerprint density at radius 1 is 1.04 bits per heavy atom. The first kappa shape index (κ1) is 16.6. The minimum Gasteiger partial charge on any atom is -0.341 e. The largest absolute Gasteiger partial charge is 0.417 e. The Morgan fingerprint density at radius 3 is 2.35 bits per heavy atom. The second kappa shape index (κ2) is 6.97. The SMILES string of the molecule is O=C(NCC#Cc1ccccc1C(F)(F)F)c1ccc(F)cc1. The summed E-state index contributed by atoms with van der Waals surface area (Å²) in [6.07, 6.45) is -4.48. The predicted octanol–water partition coefficient (Wildman–Crippen LogP) is 3.63. The minimum atomic E-state index is -4.48. The van der Waals surface area contributed by atoms with Crippen molar-refractivity contribution in [2.75, 3.05) is 6.54 Å². The molecule has 0 unspecified atom stereocenters. The van der Waals surface area contributed by atoms with E-state index in [0.717, 1.165) is 18.2 Å². The maximum atomic E-state index is 12.8. The molecule has 0 bridgehead atoms. The molecule has 2 aromatic carbocycles. The van der Waals surface area contributed by atoms with Crippen LogP contribution in [0.4, 0.5) is 17.6 Å². The fraction of sp³-hybridized carbons (Fsp3) is 0.118. The summed E-state index contributed by atoms with van der Waals surface area (Å²) in [5, 5.41) is 2.43. The standard InChI is InChI=1S/C17H11F4NO/c18-14-9-7-13(8-10-14)16(23)22-11-3-5-12-4-1-2-6-15(12)17(19,20)21/h1-2,4,6-10H,11H2,(H,22,23). The molecule has 0 heterocycles. The van der Waals surface area contributed by atoms with Gasteiger partial charge >= 0.3 is 6.18 Å². The number of nitrogens with one attached hydrogen (secondary N) is 1. The molecule has 2 nitrogen and oxygen atoms in total. The summed E-state index contributed by atoms with van der Waals surface area (Å²) < 4.78 is 51.0. The molecule has 0 fully saturated rings. The van der Waals surface area contributed by atoms with Crippen molar-refractivity contribution in [1.82, 2.24) is 5.32 Å². The number of carbonyl (C=O) groups is 1. The number of benzene rings is 2. The van der Waals surface area contributed by atoms with Crippen LogP contribution in [0.3, 0.4) is 0 Å². The number of halogens is 4. The molecule has 1 amide bonds. The van der Waals surface area contributed by atoms with Crippen molar-refractivity contribution >= 4 is 5.91 Å². The monoisotopic (exact) mass is 321 g/mol. The van der Waals surface area contributed by atoms with Gasteiger partial charge in [0.15, 0.2) is 0 Å². The molecule has 0 atom stereocenters. The van der Waals surface area contributed by atoms with E-state index in [1.165, 1.54) is 30.3 Å². The number of hydrogen-bond acceptors (Lipinski definition) is 1. The van der Waals surface area contributed by atoms with Crippen molar-refractivity contribution in [2.45, 2.75) is 6.18 Å². The van der Waals surface area contributed by atoms with Crippen LogP contribution in [-0.2, 0) is 6.18 Å². The summed E-state index contributed by atoms with van der Waals surface area (Å²) in [5.41, 5.74) is -0.739. The maximum Gasteiger partial charge on any atom is 0.417 e. The van der Waals surface area contributed by atoms with Crippen LogP contribution in [0.1, 0.15) is 21.5 Å². The summed E-state index contributed by atoms with van der Waals surface area (Å²) in [7, 11) is 0. The van der Waals surface area contributed by atoms with Crippen LogP contribution in [0.15, 0.2) is 48.5 Å². The van der Waals surface area contributed by atoms with Gasteiger partial charge in [-0.05, 0) is 36.4 Å². The van der Waals surface area contributed by atoms with Crippen LogP contribution in [0.5, 0.6) is 0 Å². The van der Waals surface area contributed by atoms with E-state index in [-0.39, 0.29) is 17.7 Å². The van der Waals surface area contributed by atoms with Crippen LogP contribution >= 0.6 is 0 Å². The van der Waals surface area contributed by atoms with Gasteiger partial charge in [0, 0.05) is 11.1 Å². The third kappa shape index (κ3) is 4.58. The highest BCUT2D eigenvalue weighted by atomic mass is 19.4. The normalized spacial score (nSPS) is 10.6. The van der Waals surface area contributed by atoms with Crippen LogP contribution in [0.2, 0.25) is 0 Å². The van der Waals surface area contributed by atoms with E-state index in [1.54, 1.807) is 0 Å². The van der Waals surface area contributed by atoms with E-state index in [1.807, 2.05) is 0 Å². The molecule has 0 aliphatic carbocycles. The average molecular weight is 321 g/mol. The first-order chi connectivity index (χ1) is 10.9. The molecular formula is C17H11F4NO. The molecule has 0 aliphatic rings. The van der Waals surface area contributed by atoms with Gasteiger partial charge in [-0.1, -0.05) is 24.0 Å². The Labute approximate surface area is 130 Å². The molecule has 0 saturated heterocycles. The lowest BCUT2D eigenvalue weighted by Gasteiger charge is -2.08. The van der Waals surface area contributed by atoms with Crippen LogP contribution < -0.4 is 5.32 Å². The number of hydrogen-bond donors (Lipinski definition) is 1. The van der Waals surface area contributed by atoms with Crippen molar-refractivity contribution in [2.24, 2.45) is 0 Å². The van der Waals surface area contributed by atoms with Crippen molar-refractivity contribution in [3.8, 4) is 11.8 Å². The highest BCUT2D eigenvalue weighted by molar-refractivity contribution is 5.94. The topological polar surface area (TPSA) is 29.1 Å². The van der Waals surface area contributed by atoms with Gasteiger partial charge in [0.25, 0.3) is 5.91 Å². The van der Waals surface area contributed by atoms with Crippen molar-refractivity contribution in [1.29, 1.82) is 0 Å². The third-order valence-electron chi connectivity index (χ3n) is 2.90. The molecule has 118 valence electrons. The molecule has 6 heteroatoms. The number of alkyl halides is 3. The van der Waals surface area contributed by atoms with Gasteiger partial charge in [-0.25, -0.2) is 4.39 Å². The number of amides is 1. The molecule has 0 aromatic heterocycles. The molecule has 1 N–H and O–H groups in total. The molecule has 2 rings (SSSR count). The Balaban J connectivity index is 2.02. The molecule has 0 radical (unpaired) electrons. The average Bonchev–Trinajstić information content (AvgIpc) is 2.51. The Bertz CT molecular complexity index is 755. The second-order valence-electron chi connectivity index (χ2n) is 4.53. The highest BCUT2D eigenvalue weighted by Crippen LogP contribution is 2.31. The van der Waals surface area contributed by atoms with E-state index < -0.39 is 23.5 Å². The molecule has 23 heavy (non-hydrogen) atoms. The lowest BCUT2D eigenvalue weighted by Crippen LogP contribution is -2.23. The number of carbonyl (C=O) groups excluding carboxylic acids is 1. The third-order valence-corrected chi connectivity index (χ3v) is 2.90. The fourth-order valence-corrected chi connectivity index (χ4v) is 1.81. The summed E-state index contributed by atoms with van der Waals surface area (Å²) in [4.78, 5) is 11.7. The van der Waals surface area contributed by atoms with E-state index in [2.05, 4.69) is 17.2 Å². The van der Waals surface area contributed by atoms with Gasteiger partial charge in [-0.15, -0.1) is 0 Å². The zero-order valence-electron chi connectivity index (χ0n) is 11.7. The van der Waals surface area contributed by atoms with E-state index in [4.69, 9.17) is 0 Å². The van der Waals surface area contributed by atoms with Gasteiger partial charge in [-0.3, -0.25) is 4.79 Å². The van der Waals surface area contributed by atoms with Gasteiger partial charge in [0.1, 0.15) is 5.82 Å². The zero-order chi connectivity index (χ0) is 16.9. The lowest BCUT2D eigenvalue weighted by atomic mass is 10.1. The van der Waals surface area contributed by atoms with Gasteiger partial charge in [-0.2, -0.15) is 13.2 Å². The highest BCUT2D eigenvalue weighted by Gasteiger charge is 2.32. The summed E-state index contributed by atoms with van der Waals surface area (Å²) >= 11 is 0. The maximum absolute atomic E-state index is 12.8. The zero-order valence-corrected chi connectivity index (χ0v) is 11.7. The second-order valence-corrected chi connectivity index (χ2v) is 4.53. The summed E-state index contributed by atoms with van der Waals surface area (Å²) in [6, 6.07) is 9.83. The van der Waals surface area contributed by atoms with Crippen molar-refractivity contribution < 1.29 is 22.4 Å². The first-order valence-corrected chi connectivity index (χ1v) is 6.57. The van der Waals surface area contributed by atoms with E-state index >= 15 is 0 Å². The van der Waals surface area contributed by atoms with Gasteiger partial charge < -0.3 is 5.32 Å². The van der Waals surface area contributed by atoms with E-state index in [0.29, 0.717) is 0 Å². The Hall–Kier alpha value is -2.81. The Morgan fingerprint density at radius 2 is 1.70 bits per heavy atom. The molecule has 2 aromatic rings. The van der Waals surface area contributed by atoms with Gasteiger partial charge in [0.2, 0.25) is 0 Å².